The highest BCUT2D eigenvalue weighted by molar-refractivity contribution is 7.00. The Morgan fingerprint density at radius 3 is 1.57 bits per heavy atom. The lowest BCUT2D eigenvalue weighted by Crippen LogP contribution is -2.62. The van der Waals surface area contributed by atoms with Crippen LogP contribution in [0.4, 0.5) is 34.1 Å². The third-order valence-corrected chi connectivity index (χ3v) is 14.3. The first kappa shape index (κ1) is 40.7. The third kappa shape index (κ3) is 6.62. The van der Waals surface area contributed by atoms with E-state index in [0.29, 0.717) is 0 Å². The van der Waals surface area contributed by atoms with E-state index in [-0.39, 0.29) is 33.8 Å². The van der Waals surface area contributed by atoms with Crippen LogP contribution in [0.15, 0.2) is 115 Å². The summed E-state index contributed by atoms with van der Waals surface area (Å²) in [6.07, 6.45) is 2.31. The van der Waals surface area contributed by atoms with Crippen molar-refractivity contribution in [3.05, 3.63) is 148 Å². The van der Waals surface area contributed by atoms with Crippen molar-refractivity contribution in [2.24, 2.45) is 0 Å². The van der Waals surface area contributed by atoms with Gasteiger partial charge >= 0.3 is 0 Å². The fraction of sp³-hybridized carbons (Fsp3) is 0.357. The van der Waals surface area contributed by atoms with Crippen LogP contribution in [-0.2, 0) is 27.1 Å². The van der Waals surface area contributed by atoms with Gasteiger partial charge in [-0.15, -0.1) is 0 Å². The molecular formula is C56H62BClN2. The predicted octanol–water partition coefficient (Wildman–Crippen LogP) is 14.3. The van der Waals surface area contributed by atoms with Crippen LogP contribution in [0.3, 0.4) is 0 Å². The maximum atomic E-state index is 7.45. The number of anilines is 6. The van der Waals surface area contributed by atoms with Gasteiger partial charge in [-0.1, -0.05) is 168 Å². The average Bonchev–Trinajstić information content (AvgIpc) is 3.18. The molecule has 6 aromatic carbocycles. The summed E-state index contributed by atoms with van der Waals surface area (Å²) in [7, 11) is 0. The Bertz CT molecular complexity index is 2670. The molecule has 3 aliphatic rings. The largest absolute Gasteiger partial charge is 0.311 e. The van der Waals surface area contributed by atoms with Gasteiger partial charge in [-0.3, -0.25) is 0 Å². The molecule has 0 unspecified atom stereocenters. The van der Waals surface area contributed by atoms with Gasteiger partial charge in [0, 0.05) is 39.0 Å². The number of halogens is 1. The standard InChI is InChI=1S/C56H62BClN2/c1-52(2,3)36-19-23-40(24-20-36)59-47-26-22-38(54(7,8)9)30-44(47)57-45-33-42-43(56(12,13)28-27-55(42,10)11)34-48(45)60(50-32-39(58)31-49(59)51(50)57)46-25-21-37(53(4,5)6)29-41(46)35-17-15-14-16-18-35/h14-26,29-34H,27-28H2,1-13H3. The number of hydrogen-bond acceptors (Lipinski definition) is 2. The van der Waals surface area contributed by atoms with Gasteiger partial charge in [0.15, 0.2) is 0 Å². The van der Waals surface area contributed by atoms with Crippen molar-refractivity contribution in [2.75, 3.05) is 9.80 Å². The van der Waals surface area contributed by atoms with Crippen LogP contribution in [0.2, 0.25) is 5.02 Å². The molecule has 2 heterocycles. The highest BCUT2D eigenvalue weighted by Crippen LogP contribution is 2.52. The van der Waals surface area contributed by atoms with Crippen molar-refractivity contribution in [1.29, 1.82) is 0 Å². The number of nitrogens with zero attached hydrogens (tertiary/aromatic N) is 2. The van der Waals surface area contributed by atoms with Crippen LogP contribution in [0.25, 0.3) is 11.1 Å². The van der Waals surface area contributed by atoms with Gasteiger partial charge in [0.1, 0.15) is 0 Å². The van der Waals surface area contributed by atoms with E-state index in [2.05, 4.69) is 215 Å². The fourth-order valence-corrected chi connectivity index (χ4v) is 10.4. The normalized spacial score (nSPS) is 16.5. The molecule has 0 atom stereocenters. The lowest BCUT2D eigenvalue weighted by atomic mass is 9.33. The monoisotopic (exact) mass is 808 g/mol. The Morgan fingerprint density at radius 2 is 0.983 bits per heavy atom. The Kier molecular flexibility index (Phi) is 9.24. The van der Waals surface area contributed by atoms with E-state index in [9.17, 15) is 0 Å². The Hall–Kier alpha value is -4.73. The molecule has 1 aliphatic carbocycles. The first-order chi connectivity index (χ1) is 28.0. The second-order valence-corrected chi connectivity index (χ2v) is 22.8. The zero-order valence-electron chi connectivity index (χ0n) is 38.2. The molecule has 0 spiro atoms. The van der Waals surface area contributed by atoms with E-state index in [1.165, 1.54) is 72.4 Å². The molecule has 6 aromatic rings. The second kappa shape index (κ2) is 13.6. The van der Waals surface area contributed by atoms with E-state index in [1.54, 1.807) is 0 Å². The highest BCUT2D eigenvalue weighted by atomic mass is 35.5. The summed E-state index contributed by atoms with van der Waals surface area (Å²) < 4.78 is 0. The van der Waals surface area contributed by atoms with Crippen molar-refractivity contribution >= 4 is 68.8 Å². The van der Waals surface area contributed by atoms with Crippen molar-refractivity contribution in [3.8, 4) is 11.1 Å². The molecule has 0 N–H and O–H groups in total. The van der Waals surface area contributed by atoms with Crippen LogP contribution >= 0.6 is 11.6 Å². The maximum absolute atomic E-state index is 7.45. The molecule has 0 saturated heterocycles. The minimum absolute atomic E-state index is 0.000998. The topological polar surface area (TPSA) is 6.48 Å². The van der Waals surface area contributed by atoms with Gasteiger partial charge in [-0.25, -0.2) is 0 Å². The minimum Gasteiger partial charge on any atom is -0.311 e. The molecule has 2 aliphatic heterocycles. The van der Waals surface area contributed by atoms with Gasteiger partial charge in [0.05, 0.1) is 5.69 Å². The maximum Gasteiger partial charge on any atom is 0.252 e. The van der Waals surface area contributed by atoms with Gasteiger partial charge in [-0.05, 0) is 138 Å². The third-order valence-electron chi connectivity index (χ3n) is 14.0. The molecule has 0 bridgehead atoms. The summed E-state index contributed by atoms with van der Waals surface area (Å²) >= 11 is 7.45. The summed E-state index contributed by atoms with van der Waals surface area (Å²) in [4.78, 5) is 5.08. The molecule has 9 rings (SSSR count). The van der Waals surface area contributed by atoms with Gasteiger partial charge in [0.25, 0.3) is 6.71 Å². The molecule has 4 heteroatoms. The molecule has 0 saturated carbocycles. The van der Waals surface area contributed by atoms with Gasteiger partial charge in [-0.2, -0.15) is 0 Å². The van der Waals surface area contributed by atoms with Crippen LogP contribution in [0.1, 0.15) is 131 Å². The Morgan fingerprint density at radius 1 is 0.483 bits per heavy atom. The lowest BCUT2D eigenvalue weighted by Gasteiger charge is -2.48. The first-order valence-corrected chi connectivity index (χ1v) is 22.5. The Balaban J connectivity index is 1.43. The van der Waals surface area contributed by atoms with Crippen LogP contribution in [-0.4, -0.2) is 6.71 Å². The summed E-state index contributed by atoms with van der Waals surface area (Å²) in [6, 6.07) is 44.3. The van der Waals surface area contributed by atoms with Gasteiger partial charge in [0.2, 0.25) is 0 Å². The average molecular weight is 809 g/mol. The van der Waals surface area contributed by atoms with Crippen LogP contribution < -0.4 is 26.2 Å². The second-order valence-electron chi connectivity index (χ2n) is 22.4. The summed E-state index contributed by atoms with van der Waals surface area (Å²) in [5.41, 5.74) is 20.5. The van der Waals surface area contributed by atoms with Crippen LogP contribution in [0.5, 0.6) is 0 Å². The molecule has 0 radical (unpaired) electrons. The quantitative estimate of drug-likeness (QED) is 0.164. The number of benzene rings is 6. The minimum atomic E-state index is -0.0257. The zero-order chi connectivity index (χ0) is 42.9. The Labute approximate surface area is 366 Å². The molecule has 0 fully saturated rings. The molecule has 2 nitrogen and oxygen atoms in total. The first-order valence-electron chi connectivity index (χ1n) is 22.1. The van der Waals surface area contributed by atoms with E-state index < -0.39 is 0 Å². The fourth-order valence-electron chi connectivity index (χ4n) is 10.2. The highest BCUT2D eigenvalue weighted by Gasteiger charge is 2.47. The lowest BCUT2D eigenvalue weighted by molar-refractivity contribution is 0.332. The van der Waals surface area contributed by atoms with Crippen LogP contribution in [0, 0.1) is 0 Å². The van der Waals surface area contributed by atoms with Crippen molar-refractivity contribution in [2.45, 2.75) is 130 Å². The number of hydrogen-bond donors (Lipinski definition) is 0. The number of fused-ring (bicyclic) bond motifs is 5. The molecule has 0 aromatic heterocycles. The molecule has 60 heavy (non-hydrogen) atoms. The zero-order valence-corrected chi connectivity index (χ0v) is 39.0. The van der Waals surface area contributed by atoms with Crippen molar-refractivity contribution < 1.29 is 0 Å². The molecular weight excluding hydrogens is 747 g/mol. The van der Waals surface area contributed by atoms with E-state index in [4.69, 9.17) is 11.6 Å². The number of rotatable bonds is 3. The summed E-state index contributed by atoms with van der Waals surface area (Å²) in [6.45, 7) is 30.6. The summed E-state index contributed by atoms with van der Waals surface area (Å²) in [5, 5.41) is 0.731. The summed E-state index contributed by atoms with van der Waals surface area (Å²) in [5.74, 6) is 0. The van der Waals surface area contributed by atoms with E-state index >= 15 is 0 Å². The van der Waals surface area contributed by atoms with Gasteiger partial charge < -0.3 is 9.80 Å². The molecule has 306 valence electrons. The smallest absolute Gasteiger partial charge is 0.252 e. The van der Waals surface area contributed by atoms with E-state index in [1.807, 2.05) is 0 Å². The SMILES string of the molecule is CC(C)(C)c1ccc(N2c3ccc(C(C)(C)C)cc3B3c4cc5c(cc4N(c4ccc(C(C)(C)C)cc4-c4ccccc4)c4cc(Cl)cc2c43)C(C)(C)CCC5(C)C)cc1. The van der Waals surface area contributed by atoms with Crippen molar-refractivity contribution in [3.63, 3.8) is 0 Å². The van der Waals surface area contributed by atoms with E-state index in [0.717, 1.165) is 34.9 Å². The molecule has 0 amide bonds. The predicted molar refractivity (Wildman–Crippen MR) is 262 cm³/mol. The van der Waals surface area contributed by atoms with Crippen molar-refractivity contribution in [1.82, 2.24) is 0 Å².